The number of aliphatic carboxylic acids is 1. The fraction of sp³-hybridized carbons (Fsp3) is 0.562. The van der Waals surface area contributed by atoms with Gasteiger partial charge in [-0.3, -0.25) is 19.8 Å². The summed E-state index contributed by atoms with van der Waals surface area (Å²) in [4.78, 5) is 25.3. The number of benzene rings is 1. The van der Waals surface area contributed by atoms with Gasteiger partial charge in [-0.15, -0.1) is 12.4 Å². The molecule has 134 valence electrons. The van der Waals surface area contributed by atoms with Crippen LogP contribution in [0.15, 0.2) is 24.3 Å². The number of non-ortho nitro benzene ring substituents is 1. The van der Waals surface area contributed by atoms with Crippen molar-refractivity contribution in [1.29, 1.82) is 0 Å². The van der Waals surface area contributed by atoms with Crippen molar-refractivity contribution in [2.75, 3.05) is 33.2 Å². The first kappa shape index (κ1) is 20.3. The Morgan fingerprint density at radius 2 is 1.92 bits per heavy atom. The summed E-state index contributed by atoms with van der Waals surface area (Å²) in [6, 6.07) is 7.05. The molecule has 0 aliphatic carbocycles. The predicted octanol–water partition coefficient (Wildman–Crippen LogP) is 2.04. The number of likely N-dealkylation sites (N-methyl/N-ethyl adjacent to an activating group) is 1. The van der Waals surface area contributed by atoms with Gasteiger partial charge >= 0.3 is 5.97 Å². The lowest BCUT2D eigenvalue weighted by Gasteiger charge is -2.36. The summed E-state index contributed by atoms with van der Waals surface area (Å²) in [6.07, 6.45) is 2.82. The minimum atomic E-state index is -0.784. The molecule has 1 aromatic rings. The number of carboxylic acids is 1. The van der Waals surface area contributed by atoms with Crippen molar-refractivity contribution in [3.63, 3.8) is 0 Å². The van der Waals surface area contributed by atoms with Crippen LogP contribution in [-0.4, -0.2) is 65.1 Å². The summed E-state index contributed by atoms with van der Waals surface area (Å²) in [5.41, 5.74) is 1.22. The number of hydrogen-bond donors (Lipinski definition) is 1. The van der Waals surface area contributed by atoms with E-state index in [1.54, 1.807) is 12.1 Å². The van der Waals surface area contributed by atoms with E-state index >= 15 is 0 Å². The molecular weight excluding hydrogens is 334 g/mol. The number of nitrogens with zero attached hydrogens (tertiary/aromatic N) is 3. The van der Waals surface area contributed by atoms with Crippen molar-refractivity contribution in [1.82, 2.24) is 9.80 Å². The summed E-state index contributed by atoms with van der Waals surface area (Å²) in [6.45, 7) is 2.93. The predicted molar refractivity (Wildman–Crippen MR) is 93.8 cm³/mol. The van der Waals surface area contributed by atoms with E-state index in [2.05, 4.69) is 4.90 Å². The van der Waals surface area contributed by atoms with Gasteiger partial charge in [-0.1, -0.05) is 12.1 Å². The molecule has 1 aliphatic heterocycles. The number of hydrogen-bond acceptors (Lipinski definition) is 5. The molecule has 1 heterocycles. The van der Waals surface area contributed by atoms with Crippen LogP contribution in [0.4, 0.5) is 5.69 Å². The Labute approximate surface area is 147 Å². The normalized spacial score (nSPS) is 15.9. The van der Waals surface area contributed by atoms with Crippen LogP contribution < -0.4 is 0 Å². The Morgan fingerprint density at radius 1 is 1.33 bits per heavy atom. The third-order valence-corrected chi connectivity index (χ3v) is 4.43. The van der Waals surface area contributed by atoms with Crippen LogP contribution in [0, 0.1) is 10.1 Å². The molecule has 24 heavy (non-hydrogen) atoms. The standard InChI is InChI=1S/C16H23N3O4.ClH/c1-17(12-16(20)21)14-7-10-18(11-8-14)9-6-13-2-4-15(5-3-13)19(22)23;/h2-5,14H,6-12H2,1H3,(H,20,21);1H. The van der Waals surface area contributed by atoms with Crippen LogP contribution in [-0.2, 0) is 11.2 Å². The zero-order valence-electron chi connectivity index (χ0n) is 13.8. The summed E-state index contributed by atoms with van der Waals surface area (Å²) < 4.78 is 0. The van der Waals surface area contributed by atoms with Gasteiger partial charge in [0, 0.05) is 24.7 Å². The number of nitro groups is 1. The third-order valence-electron chi connectivity index (χ3n) is 4.43. The number of halogens is 1. The topological polar surface area (TPSA) is 86.9 Å². The second-order valence-electron chi connectivity index (χ2n) is 6.06. The molecule has 1 saturated heterocycles. The van der Waals surface area contributed by atoms with Gasteiger partial charge in [0.15, 0.2) is 0 Å². The third kappa shape index (κ3) is 6.07. The Hall–Kier alpha value is -1.70. The summed E-state index contributed by atoms with van der Waals surface area (Å²) in [5.74, 6) is -0.784. The molecule has 0 unspecified atom stereocenters. The average molecular weight is 358 g/mol. The maximum absolute atomic E-state index is 10.7. The van der Waals surface area contributed by atoms with E-state index in [1.165, 1.54) is 0 Å². The first-order valence-electron chi connectivity index (χ1n) is 7.83. The number of piperidine rings is 1. The number of rotatable bonds is 7. The van der Waals surface area contributed by atoms with E-state index in [4.69, 9.17) is 5.11 Å². The molecule has 0 saturated carbocycles. The molecular formula is C16H24ClN3O4. The van der Waals surface area contributed by atoms with Gasteiger partial charge in [0.2, 0.25) is 0 Å². The quantitative estimate of drug-likeness (QED) is 0.593. The monoisotopic (exact) mass is 357 g/mol. The van der Waals surface area contributed by atoms with Gasteiger partial charge in [0.1, 0.15) is 0 Å². The van der Waals surface area contributed by atoms with Crippen LogP contribution in [0.3, 0.4) is 0 Å². The molecule has 0 amide bonds. The van der Waals surface area contributed by atoms with Crippen LogP contribution in [0.1, 0.15) is 18.4 Å². The molecule has 7 nitrogen and oxygen atoms in total. The average Bonchev–Trinajstić information content (AvgIpc) is 2.53. The summed E-state index contributed by atoms with van der Waals surface area (Å²) in [5, 5.41) is 19.5. The van der Waals surface area contributed by atoms with E-state index in [9.17, 15) is 14.9 Å². The lowest BCUT2D eigenvalue weighted by molar-refractivity contribution is -0.384. The molecule has 2 rings (SSSR count). The van der Waals surface area contributed by atoms with Crippen molar-refractivity contribution >= 4 is 24.1 Å². The van der Waals surface area contributed by atoms with Crippen molar-refractivity contribution in [3.05, 3.63) is 39.9 Å². The van der Waals surface area contributed by atoms with Gasteiger partial charge in [-0.2, -0.15) is 0 Å². The van der Waals surface area contributed by atoms with E-state index in [0.29, 0.717) is 6.04 Å². The van der Waals surface area contributed by atoms with Gasteiger partial charge in [0.05, 0.1) is 11.5 Å². The van der Waals surface area contributed by atoms with Crippen LogP contribution in [0.2, 0.25) is 0 Å². The highest BCUT2D eigenvalue weighted by Gasteiger charge is 2.23. The molecule has 0 spiro atoms. The van der Waals surface area contributed by atoms with Crippen LogP contribution in [0.25, 0.3) is 0 Å². The molecule has 8 heteroatoms. The highest BCUT2D eigenvalue weighted by Crippen LogP contribution is 2.17. The van der Waals surface area contributed by atoms with Crippen molar-refractivity contribution in [2.24, 2.45) is 0 Å². The number of likely N-dealkylation sites (tertiary alicyclic amines) is 1. The zero-order valence-corrected chi connectivity index (χ0v) is 14.6. The van der Waals surface area contributed by atoms with E-state index < -0.39 is 5.97 Å². The fourth-order valence-electron chi connectivity index (χ4n) is 3.00. The highest BCUT2D eigenvalue weighted by atomic mass is 35.5. The van der Waals surface area contributed by atoms with E-state index in [-0.39, 0.29) is 29.6 Å². The van der Waals surface area contributed by atoms with Gasteiger partial charge < -0.3 is 10.0 Å². The molecule has 1 N–H and O–H groups in total. The molecule has 0 atom stereocenters. The second kappa shape index (κ2) is 9.56. The lowest BCUT2D eigenvalue weighted by Crippen LogP contribution is -2.45. The largest absolute Gasteiger partial charge is 0.480 e. The van der Waals surface area contributed by atoms with Crippen molar-refractivity contribution < 1.29 is 14.8 Å². The van der Waals surface area contributed by atoms with E-state index in [1.807, 2.05) is 24.1 Å². The maximum atomic E-state index is 10.7. The fourth-order valence-corrected chi connectivity index (χ4v) is 3.00. The van der Waals surface area contributed by atoms with Gasteiger partial charge in [-0.05, 0) is 45.0 Å². The Morgan fingerprint density at radius 3 is 2.42 bits per heavy atom. The second-order valence-corrected chi connectivity index (χ2v) is 6.06. The maximum Gasteiger partial charge on any atom is 0.317 e. The molecule has 0 bridgehead atoms. The van der Waals surface area contributed by atoms with Crippen molar-refractivity contribution in [3.8, 4) is 0 Å². The zero-order chi connectivity index (χ0) is 16.8. The highest BCUT2D eigenvalue weighted by molar-refractivity contribution is 5.85. The summed E-state index contributed by atoms with van der Waals surface area (Å²) in [7, 11) is 1.87. The minimum Gasteiger partial charge on any atom is -0.480 e. The van der Waals surface area contributed by atoms with Gasteiger partial charge in [-0.25, -0.2) is 0 Å². The molecule has 1 aromatic carbocycles. The Bertz CT molecular complexity index is 545. The smallest absolute Gasteiger partial charge is 0.317 e. The molecule has 1 aliphatic rings. The number of nitro benzene ring substituents is 1. The van der Waals surface area contributed by atoms with Gasteiger partial charge in [0.25, 0.3) is 5.69 Å². The van der Waals surface area contributed by atoms with Crippen molar-refractivity contribution in [2.45, 2.75) is 25.3 Å². The lowest BCUT2D eigenvalue weighted by atomic mass is 10.0. The molecule has 1 fully saturated rings. The SMILES string of the molecule is CN(CC(=O)O)C1CCN(CCc2ccc([N+](=O)[O-])cc2)CC1.Cl. The number of carbonyl (C=O) groups is 1. The first-order valence-corrected chi connectivity index (χ1v) is 7.83. The Kier molecular flexibility index (Phi) is 8.10. The number of carboxylic acid groups (broad SMARTS) is 1. The summed E-state index contributed by atoms with van der Waals surface area (Å²) >= 11 is 0. The molecule has 0 radical (unpaired) electrons. The minimum absolute atomic E-state index is 0. The Balaban J connectivity index is 0.00000288. The molecule has 0 aromatic heterocycles. The van der Waals surface area contributed by atoms with Crippen LogP contribution >= 0.6 is 12.4 Å². The van der Waals surface area contributed by atoms with Crippen LogP contribution in [0.5, 0.6) is 0 Å². The van der Waals surface area contributed by atoms with E-state index in [0.717, 1.165) is 44.5 Å². The first-order chi connectivity index (χ1) is 11.0.